The first-order valence-corrected chi connectivity index (χ1v) is 11.2. The summed E-state index contributed by atoms with van der Waals surface area (Å²) < 4.78 is 0. The predicted octanol–water partition coefficient (Wildman–Crippen LogP) is -1.02. The number of hydrogen-bond acceptors (Lipinski definition) is 7. The van der Waals surface area contributed by atoms with E-state index in [2.05, 4.69) is 27.8 Å². The topological polar surface area (TPSA) is 189 Å². The zero-order chi connectivity index (χ0) is 25.3. The van der Waals surface area contributed by atoms with Crippen LogP contribution in [0.15, 0.2) is 42.6 Å². The van der Waals surface area contributed by atoms with E-state index in [9.17, 15) is 19.2 Å². The van der Waals surface area contributed by atoms with E-state index in [0.717, 1.165) is 5.56 Å². The van der Waals surface area contributed by atoms with E-state index >= 15 is 0 Å². The maximum atomic E-state index is 12.5. The molecule has 11 heteroatoms. The van der Waals surface area contributed by atoms with Crippen LogP contribution in [0.3, 0.4) is 0 Å². The number of rotatable bonds is 18. The molecule has 1 aromatic carbocycles. The Morgan fingerprint density at radius 3 is 2.35 bits per heavy atom. The van der Waals surface area contributed by atoms with Crippen LogP contribution in [-0.2, 0) is 25.6 Å². The molecule has 0 bridgehead atoms. The summed E-state index contributed by atoms with van der Waals surface area (Å²) in [6, 6.07) is 7.57. The Bertz CT molecular complexity index is 804. The molecule has 0 aromatic heterocycles. The van der Waals surface area contributed by atoms with Crippen molar-refractivity contribution >= 4 is 24.2 Å². The van der Waals surface area contributed by atoms with Gasteiger partial charge in [0.15, 0.2) is 0 Å². The molecular formula is C23H36N6O5. The molecule has 0 aliphatic rings. The quantitative estimate of drug-likeness (QED) is 0.131. The van der Waals surface area contributed by atoms with Crippen molar-refractivity contribution in [1.29, 1.82) is 0 Å². The van der Waals surface area contributed by atoms with Gasteiger partial charge < -0.3 is 37.8 Å². The Balaban J connectivity index is 2.66. The van der Waals surface area contributed by atoms with Gasteiger partial charge in [0.2, 0.25) is 18.2 Å². The van der Waals surface area contributed by atoms with Crippen LogP contribution in [0.1, 0.15) is 31.2 Å². The maximum Gasteiger partial charge on any atom is 0.303 e. The van der Waals surface area contributed by atoms with Crippen LogP contribution < -0.4 is 32.7 Å². The highest BCUT2D eigenvalue weighted by molar-refractivity contribution is 5.88. The lowest BCUT2D eigenvalue weighted by atomic mass is 10.1. The van der Waals surface area contributed by atoms with E-state index in [1.807, 2.05) is 30.3 Å². The Kier molecular flexibility index (Phi) is 13.6. The van der Waals surface area contributed by atoms with Crippen molar-refractivity contribution in [3.8, 4) is 0 Å². The molecule has 3 atom stereocenters. The zero-order valence-corrected chi connectivity index (χ0v) is 19.3. The lowest BCUT2D eigenvalue weighted by molar-refractivity contribution is -0.137. The number of nitrogens with one attached hydrogen (secondary N) is 4. The van der Waals surface area contributed by atoms with Crippen molar-refractivity contribution in [3.05, 3.63) is 48.2 Å². The first-order valence-electron chi connectivity index (χ1n) is 11.2. The van der Waals surface area contributed by atoms with Crippen molar-refractivity contribution in [2.45, 2.75) is 50.2 Å². The minimum absolute atomic E-state index is 0.0486. The Labute approximate surface area is 199 Å². The fourth-order valence-corrected chi connectivity index (χ4v) is 3.26. The highest BCUT2D eigenvalue weighted by Crippen LogP contribution is 2.08. The molecule has 0 aliphatic heterocycles. The summed E-state index contributed by atoms with van der Waals surface area (Å²) in [5.41, 5.74) is 12.7. The molecule has 0 radical (unpaired) electrons. The molecule has 0 saturated carbocycles. The zero-order valence-electron chi connectivity index (χ0n) is 19.3. The van der Waals surface area contributed by atoms with Crippen LogP contribution in [0.4, 0.5) is 0 Å². The number of carboxylic acids is 1. The number of benzene rings is 1. The smallest absolute Gasteiger partial charge is 0.303 e. The van der Waals surface area contributed by atoms with Crippen LogP contribution in [0.2, 0.25) is 0 Å². The Morgan fingerprint density at radius 1 is 1.06 bits per heavy atom. The second-order valence-corrected chi connectivity index (χ2v) is 7.83. The van der Waals surface area contributed by atoms with E-state index in [4.69, 9.17) is 16.6 Å². The largest absolute Gasteiger partial charge is 0.481 e. The molecule has 0 saturated heterocycles. The molecule has 11 nitrogen and oxygen atoms in total. The summed E-state index contributed by atoms with van der Waals surface area (Å²) in [4.78, 5) is 46.8. The van der Waals surface area contributed by atoms with Gasteiger partial charge in [-0.1, -0.05) is 36.9 Å². The molecule has 1 rings (SSSR count). The fraction of sp³-hybridized carbons (Fsp3) is 0.478. The minimum Gasteiger partial charge on any atom is -0.481 e. The number of aliphatic carboxylic acids is 1. The Morgan fingerprint density at radius 2 is 1.76 bits per heavy atom. The minimum atomic E-state index is -0.927. The normalized spacial score (nSPS) is 13.1. The van der Waals surface area contributed by atoms with Gasteiger partial charge in [-0.15, -0.1) is 0 Å². The number of nitrogens with two attached hydrogens (primary N) is 2. The van der Waals surface area contributed by atoms with Crippen LogP contribution >= 0.6 is 0 Å². The monoisotopic (exact) mass is 476 g/mol. The van der Waals surface area contributed by atoms with Gasteiger partial charge in [0.1, 0.15) is 6.04 Å². The van der Waals surface area contributed by atoms with E-state index in [1.165, 1.54) is 0 Å². The number of hydrogen-bond donors (Lipinski definition) is 7. The van der Waals surface area contributed by atoms with Crippen LogP contribution in [-0.4, -0.2) is 67.1 Å². The standard InChI is InChI=1S/C23H36N6O5/c1-16(28-18(13-25)9-10-22(32)33)19(8-5-11-24)29-21(31)14-26-23(34)20(27-15-30)12-17-6-3-2-4-7-17/h2-4,6-7,15,18-20,28H,1,5,8-14,24-25H2,(H,26,34)(H,27,30)(H,29,31)(H,32,33). The third kappa shape index (κ3) is 11.4. The summed E-state index contributed by atoms with van der Waals surface area (Å²) in [6.45, 7) is 4.28. The van der Waals surface area contributed by atoms with Gasteiger partial charge in [0.05, 0.1) is 12.6 Å². The van der Waals surface area contributed by atoms with Crippen LogP contribution in [0.25, 0.3) is 0 Å². The number of carboxylic acid groups (broad SMARTS) is 1. The summed E-state index contributed by atoms with van der Waals surface area (Å²) in [5.74, 6) is -1.86. The molecule has 0 fully saturated rings. The van der Waals surface area contributed by atoms with Gasteiger partial charge in [-0.05, 0) is 31.4 Å². The fourth-order valence-electron chi connectivity index (χ4n) is 3.26. The van der Waals surface area contributed by atoms with Gasteiger partial charge in [-0.2, -0.15) is 0 Å². The second-order valence-electron chi connectivity index (χ2n) is 7.83. The van der Waals surface area contributed by atoms with Gasteiger partial charge >= 0.3 is 5.97 Å². The molecule has 9 N–H and O–H groups in total. The van der Waals surface area contributed by atoms with Crippen molar-refractivity contribution in [3.63, 3.8) is 0 Å². The average Bonchev–Trinajstić information content (AvgIpc) is 2.82. The van der Waals surface area contributed by atoms with Gasteiger partial charge in [-0.3, -0.25) is 19.2 Å². The van der Waals surface area contributed by atoms with Crippen molar-refractivity contribution in [1.82, 2.24) is 21.3 Å². The van der Waals surface area contributed by atoms with Crippen molar-refractivity contribution in [2.24, 2.45) is 11.5 Å². The van der Waals surface area contributed by atoms with E-state index in [0.29, 0.717) is 37.9 Å². The summed E-state index contributed by atoms with van der Waals surface area (Å²) in [5, 5.41) is 19.8. The highest BCUT2D eigenvalue weighted by atomic mass is 16.4. The van der Waals surface area contributed by atoms with Crippen molar-refractivity contribution in [2.75, 3.05) is 19.6 Å². The van der Waals surface area contributed by atoms with Gasteiger partial charge in [-0.25, -0.2) is 0 Å². The molecule has 188 valence electrons. The van der Waals surface area contributed by atoms with Crippen molar-refractivity contribution < 1.29 is 24.3 Å². The molecule has 1 aromatic rings. The molecule has 3 unspecified atom stereocenters. The number of carbonyl (C=O) groups is 4. The summed E-state index contributed by atoms with van der Waals surface area (Å²) in [7, 11) is 0. The molecule has 3 amide bonds. The van der Waals surface area contributed by atoms with E-state index in [-0.39, 0.29) is 32.0 Å². The Hall–Kier alpha value is -3.44. The molecular weight excluding hydrogens is 440 g/mol. The van der Waals surface area contributed by atoms with Crippen LogP contribution in [0, 0.1) is 0 Å². The summed E-state index contributed by atoms with van der Waals surface area (Å²) >= 11 is 0. The highest BCUT2D eigenvalue weighted by Gasteiger charge is 2.21. The first-order chi connectivity index (χ1) is 16.3. The number of amides is 3. The molecule has 34 heavy (non-hydrogen) atoms. The lowest BCUT2D eigenvalue weighted by Gasteiger charge is -2.26. The van der Waals surface area contributed by atoms with Gasteiger partial charge in [0, 0.05) is 31.1 Å². The summed E-state index contributed by atoms with van der Waals surface area (Å²) in [6.07, 6.45) is 2.11. The van der Waals surface area contributed by atoms with E-state index in [1.54, 1.807) is 0 Å². The molecule has 0 spiro atoms. The molecule has 0 heterocycles. The third-order valence-electron chi connectivity index (χ3n) is 5.13. The first kappa shape index (κ1) is 28.6. The SMILES string of the molecule is C=C(NC(CN)CCC(=O)O)C(CCCN)NC(=O)CNC(=O)C(Cc1ccccc1)NC=O. The number of carbonyl (C=O) groups excluding carboxylic acids is 3. The average molecular weight is 477 g/mol. The van der Waals surface area contributed by atoms with Crippen LogP contribution in [0.5, 0.6) is 0 Å². The van der Waals surface area contributed by atoms with E-state index < -0.39 is 29.9 Å². The third-order valence-corrected chi connectivity index (χ3v) is 5.13. The lowest BCUT2D eigenvalue weighted by Crippen LogP contribution is -2.50. The molecule has 0 aliphatic carbocycles. The second kappa shape index (κ2) is 16.2. The predicted molar refractivity (Wildman–Crippen MR) is 128 cm³/mol. The van der Waals surface area contributed by atoms with Gasteiger partial charge in [0.25, 0.3) is 0 Å². The maximum absolute atomic E-state index is 12.5.